The summed E-state index contributed by atoms with van der Waals surface area (Å²) in [5, 5.41) is 24.3. The zero-order valence-electron chi connectivity index (χ0n) is 18.3. The molecule has 11 nitrogen and oxygen atoms in total. The number of aliphatic hydroxyl groups is 1. The maximum atomic E-state index is 13.1. The number of carbonyl (C=O) groups excluding carboxylic acids is 3. The SMILES string of the molecule is CC(NC(=O)C(Cc1c[nH]c2ccccc12)NC(=O)C1CCCN1C(=O)C(N)CO)C(=O)O. The van der Waals surface area contributed by atoms with Gasteiger partial charge in [-0.3, -0.25) is 19.2 Å². The third-order valence-electron chi connectivity index (χ3n) is 5.81. The van der Waals surface area contributed by atoms with E-state index in [-0.39, 0.29) is 6.42 Å². The number of nitrogens with zero attached hydrogens (tertiary/aromatic N) is 1. The lowest BCUT2D eigenvalue weighted by molar-refractivity contribution is -0.142. The van der Waals surface area contributed by atoms with Crippen LogP contribution >= 0.6 is 0 Å². The lowest BCUT2D eigenvalue weighted by Gasteiger charge is -2.28. The van der Waals surface area contributed by atoms with Crippen molar-refractivity contribution in [2.45, 2.75) is 50.4 Å². The molecule has 3 rings (SSSR count). The number of para-hydroxylation sites is 1. The van der Waals surface area contributed by atoms with E-state index in [9.17, 15) is 24.3 Å². The number of likely N-dealkylation sites (tertiary alicyclic amines) is 1. The highest BCUT2D eigenvalue weighted by Gasteiger charge is 2.37. The van der Waals surface area contributed by atoms with Gasteiger partial charge in [-0.1, -0.05) is 18.2 Å². The normalized spacial score (nSPS) is 18.5. The number of nitrogens with two attached hydrogens (primary N) is 1. The number of H-pyrrole nitrogens is 1. The molecule has 1 saturated heterocycles. The van der Waals surface area contributed by atoms with Crippen molar-refractivity contribution in [3.05, 3.63) is 36.0 Å². The third kappa shape index (κ3) is 5.49. The summed E-state index contributed by atoms with van der Waals surface area (Å²) >= 11 is 0. The fraction of sp³-hybridized carbons (Fsp3) is 0.455. The second-order valence-electron chi connectivity index (χ2n) is 8.17. The minimum Gasteiger partial charge on any atom is -0.480 e. The summed E-state index contributed by atoms with van der Waals surface area (Å²) in [6, 6.07) is 3.31. The van der Waals surface area contributed by atoms with Crippen LogP contribution in [0.3, 0.4) is 0 Å². The van der Waals surface area contributed by atoms with Crippen LogP contribution in [0.5, 0.6) is 0 Å². The van der Waals surface area contributed by atoms with Gasteiger partial charge in [0.15, 0.2) is 0 Å². The first-order valence-corrected chi connectivity index (χ1v) is 10.8. The summed E-state index contributed by atoms with van der Waals surface area (Å²) in [6.45, 7) is 1.11. The number of aromatic amines is 1. The number of hydrogen-bond donors (Lipinski definition) is 6. The Morgan fingerprint density at radius 3 is 2.67 bits per heavy atom. The number of carbonyl (C=O) groups is 4. The summed E-state index contributed by atoms with van der Waals surface area (Å²) in [5.41, 5.74) is 7.28. The molecule has 4 unspecified atom stereocenters. The molecule has 0 spiro atoms. The summed E-state index contributed by atoms with van der Waals surface area (Å²) < 4.78 is 0. The number of aromatic nitrogens is 1. The van der Waals surface area contributed by atoms with Gasteiger partial charge in [-0.25, -0.2) is 0 Å². The number of fused-ring (bicyclic) bond motifs is 1. The Morgan fingerprint density at radius 2 is 1.97 bits per heavy atom. The molecule has 3 amide bonds. The molecule has 1 aromatic carbocycles. The maximum absolute atomic E-state index is 13.1. The van der Waals surface area contributed by atoms with Crippen LogP contribution in [0.4, 0.5) is 0 Å². The Kier molecular flexibility index (Phi) is 7.67. The molecule has 0 aliphatic carbocycles. The number of carboxylic acid groups (broad SMARTS) is 1. The van der Waals surface area contributed by atoms with E-state index in [0.29, 0.717) is 19.4 Å². The maximum Gasteiger partial charge on any atom is 0.325 e. The van der Waals surface area contributed by atoms with Crippen LogP contribution in [0.2, 0.25) is 0 Å². The third-order valence-corrected chi connectivity index (χ3v) is 5.81. The van der Waals surface area contributed by atoms with Crippen molar-refractivity contribution in [3.63, 3.8) is 0 Å². The van der Waals surface area contributed by atoms with Gasteiger partial charge >= 0.3 is 5.97 Å². The molecule has 11 heteroatoms. The highest BCUT2D eigenvalue weighted by Crippen LogP contribution is 2.21. The van der Waals surface area contributed by atoms with E-state index in [1.54, 1.807) is 6.20 Å². The second-order valence-corrected chi connectivity index (χ2v) is 8.17. The molecule has 178 valence electrons. The van der Waals surface area contributed by atoms with E-state index >= 15 is 0 Å². The average molecular weight is 460 g/mol. The molecule has 1 aliphatic rings. The van der Waals surface area contributed by atoms with E-state index < -0.39 is 54.5 Å². The molecule has 7 N–H and O–H groups in total. The molecule has 2 aromatic rings. The topological polar surface area (TPSA) is 178 Å². The predicted octanol–water partition coefficient (Wildman–Crippen LogP) is -0.905. The Bertz CT molecular complexity index is 1040. The van der Waals surface area contributed by atoms with E-state index in [4.69, 9.17) is 10.8 Å². The largest absolute Gasteiger partial charge is 0.480 e. The number of carboxylic acids is 1. The first kappa shape index (κ1) is 24.2. The second kappa shape index (κ2) is 10.5. The van der Waals surface area contributed by atoms with E-state index in [1.807, 2.05) is 24.3 Å². The van der Waals surface area contributed by atoms with Crippen molar-refractivity contribution < 1.29 is 29.4 Å². The van der Waals surface area contributed by atoms with E-state index in [1.165, 1.54) is 11.8 Å². The fourth-order valence-corrected chi connectivity index (χ4v) is 3.97. The van der Waals surface area contributed by atoms with Crippen molar-refractivity contribution in [1.29, 1.82) is 0 Å². The lowest BCUT2D eigenvalue weighted by atomic mass is 10.0. The zero-order valence-corrected chi connectivity index (χ0v) is 18.3. The van der Waals surface area contributed by atoms with Gasteiger partial charge in [0, 0.05) is 30.1 Å². The van der Waals surface area contributed by atoms with Gasteiger partial charge in [-0.15, -0.1) is 0 Å². The Labute approximate surface area is 190 Å². The molecule has 2 heterocycles. The van der Waals surface area contributed by atoms with Crippen molar-refractivity contribution in [2.75, 3.05) is 13.2 Å². The highest BCUT2D eigenvalue weighted by molar-refractivity contribution is 5.95. The van der Waals surface area contributed by atoms with Crippen LogP contribution in [-0.2, 0) is 25.6 Å². The average Bonchev–Trinajstić information content (AvgIpc) is 3.45. The highest BCUT2D eigenvalue weighted by atomic mass is 16.4. The molecular weight excluding hydrogens is 430 g/mol. The standard InChI is InChI=1S/C22H29N5O6/c1-12(22(32)33)25-19(29)17(9-13-10-24-16-6-3-2-5-14(13)16)26-20(30)18-7-4-8-27(18)21(31)15(23)11-28/h2-3,5-6,10,12,15,17-18,24,28H,4,7-9,11,23H2,1H3,(H,25,29)(H,26,30)(H,32,33). The zero-order chi connectivity index (χ0) is 24.1. The van der Waals surface area contributed by atoms with Crippen molar-refractivity contribution in [3.8, 4) is 0 Å². The van der Waals surface area contributed by atoms with Crippen molar-refractivity contribution >= 4 is 34.6 Å². The quantitative estimate of drug-likeness (QED) is 0.281. The molecule has 33 heavy (non-hydrogen) atoms. The fourth-order valence-electron chi connectivity index (χ4n) is 3.97. The number of aliphatic carboxylic acids is 1. The minimum absolute atomic E-state index is 0.116. The predicted molar refractivity (Wildman–Crippen MR) is 119 cm³/mol. The van der Waals surface area contributed by atoms with Crippen LogP contribution in [0.25, 0.3) is 10.9 Å². The first-order valence-electron chi connectivity index (χ1n) is 10.8. The number of hydrogen-bond acceptors (Lipinski definition) is 6. The van der Waals surface area contributed by atoms with Gasteiger partial charge in [0.25, 0.3) is 0 Å². The number of nitrogens with one attached hydrogen (secondary N) is 3. The van der Waals surface area contributed by atoms with Crippen molar-refractivity contribution in [2.24, 2.45) is 5.73 Å². The van der Waals surface area contributed by atoms with Crippen LogP contribution in [0.1, 0.15) is 25.3 Å². The van der Waals surface area contributed by atoms with Gasteiger partial charge < -0.3 is 36.5 Å². The van der Waals surface area contributed by atoms with E-state index in [0.717, 1.165) is 16.5 Å². The van der Waals surface area contributed by atoms with Crippen LogP contribution in [0, 0.1) is 0 Å². The summed E-state index contributed by atoms with van der Waals surface area (Å²) in [5.74, 6) is -2.92. The van der Waals surface area contributed by atoms with E-state index in [2.05, 4.69) is 15.6 Å². The molecule has 0 bridgehead atoms. The van der Waals surface area contributed by atoms with Gasteiger partial charge in [-0.05, 0) is 31.4 Å². The number of aliphatic hydroxyl groups excluding tert-OH is 1. The molecule has 1 fully saturated rings. The summed E-state index contributed by atoms with van der Waals surface area (Å²) in [6.07, 6.45) is 2.83. The Morgan fingerprint density at radius 1 is 1.24 bits per heavy atom. The van der Waals surface area contributed by atoms with Gasteiger partial charge in [0.05, 0.1) is 6.61 Å². The monoisotopic (exact) mass is 459 g/mol. The number of rotatable bonds is 9. The number of amides is 3. The lowest BCUT2D eigenvalue weighted by Crippen LogP contribution is -2.57. The summed E-state index contributed by atoms with van der Waals surface area (Å²) in [7, 11) is 0. The van der Waals surface area contributed by atoms with Gasteiger partial charge in [-0.2, -0.15) is 0 Å². The van der Waals surface area contributed by atoms with Crippen molar-refractivity contribution in [1.82, 2.24) is 20.5 Å². The van der Waals surface area contributed by atoms with Gasteiger partial charge in [0.2, 0.25) is 17.7 Å². The molecular formula is C22H29N5O6. The van der Waals surface area contributed by atoms with Gasteiger partial charge in [0.1, 0.15) is 24.2 Å². The smallest absolute Gasteiger partial charge is 0.325 e. The first-order chi connectivity index (χ1) is 15.7. The summed E-state index contributed by atoms with van der Waals surface area (Å²) in [4.78, 5) is 54.1. The number of benzene rings is 1. The van der Waals surface area contributed by atoms with Crippen LogP contribution in [0.15, 0.2) is 30.5 Å². The minimum atomic E-state index is -1.20. The van der Waals surface area contributed by atoms with Crippen LogP contribution in [-0.4, -0.2) is 81.1 Å². The Balaban J connectivity index is 1.81. The molecule has 0 radical (unpaired) electrons. The Hall–Kier alpha value is -3.44. The molecule has 0 saturated carbocycles. The molecule has 1 aromatic heterocycles. The molecule has 4 atom stereocenters. The van der Waals surface area contributed by atoms with Crippen LogP contribution < -0.4 is 16.4 Å². The molecule has 1 aliphatic heterocycles.